The van der Waals surface area contributed by atoms with Gasteiger partial charge in [0, 0.05) is 38.3 Å². The van der Waals surface area contributed by atoms with Crippen LogP contribution in [-0.4, -0.2) is 38.6 Å². The second-order valence-electron chi connectivity index (χ2n) is 6.19. The third kappa shape index (κ3) is 3.33. The minimum absolute atomic E-state index is 0.00879. The number of aromatic nitrogens is 2. The predicted molar refractivity (Wildman–Crippen MR) is 88.1 cm³/mol. The first-order valence-electron chi connectivity index (χ1n) is 7.90. The van der Waals surface area contributed by atoms with Gasteiger partial charge in [-0.3, -0.25) is 14.3 Å². The molecule has 1 fully saturated rings. The largest absolute Gasteiger partial charge is 0.506 e. The Morgan fingerprint density at radius 2 is 2.16 bits per heavy atom. The fraction of sp³-hybridized carbons (Fsp3) is 0.353. The first-order chi connectivity index (χ1) is 11.9. The summed E-state index contributed by atoms with van der Waals surface area (Å²) in [6, 6.07) is 2.88. The molecule has 2 heterocycles. The molecule has 0 spiro atoms. The molecule has 8 heteroatoms. The van der Waals surface area contributed by atoms with Crippen LogP contribution in [0.1, 0.15) is 24.4 Å². The number of hydrogen-bond donors (Lipinski definition) is 2. The van der Waals surface area contributed by atoms with Crippen molar-refractivity contribution in [3.63, 3.8) is 0 Å². The molecule has 2 N–H and O–H groups in total. The summed E-state index contributed by atoms with van der Waals surface area (Å²) in [4.78, 5) is 26.4. The van der Waals surface area contributed by atoms with Crippen molar-refractivity contribution in [2.24, 2.45) is 13.0 Å². The van der Waals surface area contributed by atoms with E-state index in [9.17, 15) is 19.1 Å². The lowest BCUT2D eigenvalue weighted by molar-refractivity contribution is -0.140. The molecular weight excluding hydrogens is 327 g/mol. The van der Waals surface area contributed by atoms with Gasteiger partial charge in [0.15, 0.2) is 0 Å². The van der Waals surface area contributed by atoms with Gasteiger partial charge in [-0.15, -0.1) is 0 Å². The molecule has 7 nitrogen and oxygen atoms in total. The maximum atomic E-state index is 13.4. The summed E-state index contributed by atoms with van der Waals surface area (Å²) in [5.74, 6) is -1.74. The quantitative estimate of drug-likeness (QED) is 0.830. The number of nitrogens with one attached hydrogen (secondary N) is 1. The van der Waals surface area contributed by atoms with Crippen LogP contribution in [-0.2, 0) is 16.6 Å². The van der Waals surface area contributed by atoms with E-state index in [4.69, 9.17) is 0 Å². The van der Waals surface area contributed by atoms with Gasteiger partial charge in [0.2, 0.25) is 11.8 Å². The fourth-order valence-electron chi connectivity index (χ4n) is 3.20. The Balaban J connectivity index is 1.88. The number of amides is 2. The summed E-state index contributed by atoms with van der Waals surface area (Å²) in [5.41, 5.74) is 0.760. The Bertz CT molecular complexity index is 820. The molecule has 25 heavy (non-hydrogen) atoms. The summed E-state index contributed by atoms with van der Waals surface area (Å²) in [5, 5.41) is 16.5. The summed E-state index contributed by atoms with van der Waals surface area (Å²) in [6.07, 6.45) is 4.00. The monoisotopic (exact) mass is 346 g/mol. The van der Waals surface area contributed by atoms with Gasteiger partial charge in [-0.2, -0.15) is 5.10 Å². The second kappa shape index (κ2) is 6.54. The van der Waals surface area contributed by atoms with Gasteiger partial charge in [-0.25, -0.2) is 4.39 Å². The van der Waals surface area contributed by atoms with E-state index in [1.807, 2.05) is 0 Å². The molecule has 0 radical (unpaired) electrons. The van der Waals surface area contributed by atoms with Crippen LogP contribution in [0.3, 0.4) is 0 Å². The van der Waals surface area contributed by atoms with Crippen LogP contribution in [0.4, 0.5) is 10.1 Å². The number of carbonyl (C=O) groups excluding carboxylic acids is 2. The van der Waals surface area contributed by atoms with Gasteiger partial charge in [-0.1, -0.05) is 0 Å². The first kappa shape index (κ1) is 16.9. The normalized spacial score (nSPS) is 20.6. The highest BCUT2D eigenvalue weighted by Gasteiger charge is 2.39. The Labute approximate surface area is 144 Å². The lowest BCUT2D eigenvalue weighted by atomic mass is 9.85. The Morgan fingerprint density at radius 3 is 2.84 bits per heavy atom. The number of halogens is 1. The van der Waals surface area contributed by atoms with Crippen molar-refractivity contribution in [1.29, 1.82) is 0 Å². The average Bonchev–Trinajstić information content (AvgIpc) is 2.99. The number of hydrogen-bond acceptors (Lipinski definition) is 4. The molecule has 0 bridgehead atoms. The van der Waals surface area contributed by atoms with E-state index in [2.05, 4.69) is 10.4 Å². The Kier molecular flexibility index (Phi) is 4.43. The number of piperidine rings is 1. The molecule has 132 valence electrons. The van der Waals surface area contributed by atoms with Gasteiger partial charge < -0.3 is 15.3 Å². The van der Waals surface area contributed by atoms with Crippen LogP contribution in [0.25, 0.3) is 0 Å². The van der Waals surface area contributed by atoms with E-state index >= 15 is 0 Å². The third-order valence-corrected chi connectivity index (χ3v) is 4.48. The highest BCUT2D eigenvalue weighted by molar-refractivity contribution is 5.95. The van der Waals surface area contributed by atoms with Crippen LogP contribution >= 0.6 is 0 Å². The molecule has 1 aromatic heterocycles. The molecule has 1 aromatic carbocycles. The lowest BCUT2D eigenvalue weighted by Crippen LogP contribution is -2.44. The smallest absolute Gasteiger partial charge is 0.230 e. The van der Waals surface area contributed by atoms with Gasteiger partial charge in [0.1, 0.15) is 11.6 Å². The second-order valence-corrected chi connectivity index (χ2v) is 6.19. The Hall–Kier alpha value is -2.90. The minimum atomic E-state index is -0.562. The van der Waals surface area contributed by atoms with Gasteiger partial charge >= 0.3 is 0 Å². The fourth-order valence-corrected chi connectivity index (χ4v) is 3.20. The maximum Gasteiger partial charge on any atom is 0.230 e. The first-order valence-corrected chi connectivity index (χ1v) is 7.90. The number of nitrogens with zero attached hydrogens (tertiary/aromatic N) is 3. The molecule has 1 saturated heterocycles. The minimum Gasteiger partial charge on any atom is -0.506 e. The molecule has 1 aliphatic heterocycles. The zero-order valence-corrected chi connectivity index (χ0v) is 13.9. The summed E-state index contributed by atoms with van der Waals surface area (Å²) in [6.45, 7) is 0. The zero-order chi connectivity index (χ0) is 18.1. The highest BCUT2D eigenvalue weighted by Crippen LogP contribution is 2.37. The molecule has 2 atom stereocenters. The number of benzene rings is 1. The van der Waals surface area contributed by atoms with E-state index in [1.54, 1.807) is 31.2 Å². The van der Waals surface area contributed by atoms with Gasteiger partial charge in [0.05, 0.1) is 23.8 Å². The van der Waals surface area contributed by atoms with Crippen molar-refractivity contribution in [2.45, 2.75) is 18.9 Å². The number of carbonyl (C=O) groups is 2. The highest BCUT2D eigenvalue weighted by atomic mass is 19.1. The van der Waals surface area contributed by atoms with Crippen LogP contribution < -0.4 is 5.32 Å². The zero-order valence-electron chi connectivity index (χ0n) is 13.9. The van der Waals surface area contributed by atoms with Gasteiger partial charge in [-0.05, 0) is 18.6 Å². The van der Waals surface area contributed by atoms with E-state index in [0.29, 0.717) is 6.42 Å². The summed E-state index contributed by atoms with van der Waals surface area (Å²) < 4.78 is 15.0. The van der Waals surface area contributed by atoms with E-state index in [-0.39, 0.29) is 29.7 Å². The number of rotatable bonds is 3. The molecular formula is C17H19FN4O3. The van der Waals surface area contributed by atoms with Crippen molar-refractivity contribution in [1.82, 2.24) is 14.7 Å². The number of likely N-dealkylation sites (tertiary alicyclic amines) is 1. The number of anilines is 1. The molecule has 0 saturated carbocycles. The average molecular weight is 346 g/mol. The molecule has 0 aliphatic carbocycles. The van der Waals surface area contributed by atoms with Crippen molar-refractivity contribution in [3.05, 3.63) is 42.0 Å². The maximum absolute atomic E-state index is 13.4. The topological polar surface area (TPSA) is 87.5 Å². The molecule has 2 aromatic rings. The van der Waals surface area contributed by atoms with Crippen LogP contribution in [0.2, 0.25) is 0 Å². The SMILES string of the molecule is CN1C(=O)CC[C@@H](C(=O)Nc2cc(F)ccc2O)[C@H]1c1cnn(C)c1. The van der Waals surface area contributed by atoms with Crippen molar-refractivity contribution in [3.8, 4) is 5.75 Å². The third-order valence-electron chi connectivity index (χ3n) is 4.48. The number of phenolic OH excluding ortho intramolecular Hbond substituents is 1. The Morgan fingerprint density at radius 1 is 1.40 bits per heavy atom. The van der Waals surface area contributed by atoms with E-state index in [1.165, 1.54) is 11.0 Å². The van der Waals surface area contributed by atoms with E-state index < -0.39 is 17.8 Å². The number of aromatic hydroxyl groups is 1. The van der Waals surface area contributed by atoms with Crippen molar-refractivity contribution >= 4 is 17.5 Å². The van der Waals surface area contributed by atoms with E-state index in [0.717, 1.165) is 17.7 Å². The molecule has 1 aliphatic rings. The predicted octanol–water partition coefficient (Wildman–Crippen LogP) is 1.81. The van der Waals surface area contributed by atoms with Gasteiger partial charge in [0.25, 0.3) is 0 Å². The summed E-state index contributed by atoms with van der Waals surface area (Å²) >= 11 is 0. The molecule has 3 rings (SSSR count). The van der Waals surface area contributed by atoms with Crippen LogP contribution in [0, 0.1) is 11.7 Å². The van der Waals surface area contributed by atoms with Crippen LogP contribution in [0.5, 0.6) is 5.75 Å². The number of phenols is 1. The van der Waals surface area contributed by atoms with Crippen molar-refractivity contribution < 1.29 is 19.1 Å². The molecule has 2 amide bonds. The van der Waals surface area contributed by atoms with Crippen molar-refractivity contribution in [2.75, 3.05) is 12.4 Å². The standard InChI is InChI=1S/C17H19FN4O3/c1-21-9-10(8-19-21)16-12(4-6-15(24)22(16)2)17(25)20-13-7-11(18)3-5-14(13)23/h3,5,7-9,12,16,23H,4,6H2,1-2H3,(H,20,25)/t12-,16-/m1/s1. The van der Waals surface area contributed by atoms with Crippen LogP contribution in [0.15, 0.2) is 30.6 Å². The summed E-state index contributed by atoms with van der Waals surface area (Å²) in [7, 11) is 3.41. The number of aryl methyl sites for hydroxylation is 1. The lowest BCUT2D eigenvalue weighted by Gasteiger charge is -2.37. The molecule has 0 unspecified atom stereocenters.